The van der Waals surface area contributed by atoms with Gasteiger partial charge < -0.3 is 5.43 Å². The normalized spacial score (nSPS) is 17.9. The van der Waals surface area contributed by atoms with Crippen molar-refractivity contribution in [1.29, 1.82) is 0 Å². The first-order valence-electron chi connectivity index (χ1n) is 3.94. The first-order chi connectivity index (χ1) is 5.90. The van der Waals surface area contributed by atoms with E-state index < -0.39 is 0 Å². The summed E-state index contributed by atoms with van der Waals surface area (Å²) in [5.74, 6) is 6.00. The molecule has 5 nitrogen and oxygen atoms in total. The molecule has 0 aromatic carbocycles. The third-order valence-electron chi connectivity index (χ3n) is 1.75. The summed E-state index contributed by atoms with van der Waals surface area (Å²) in [5.41, 5.74) is 3.39. The van der Waals surface area contributed by atoms with Crippen molar-refractivity contribution in [1.82, 2.24) is 15.6 Å². The van der Waals surface area contributed by atoms with Crippen molar-refractivity contribution in [3.63, 3.8) is 0 Å². The van der Waals surface area contributed by atoms with Gasteiger partial charge in [0.25, 0.3) is 0 Å². The predicted octanol–water partition coefficient (Wildman–Crippen LogP) is -0.218. The fourth-order valence-corrected chi connectivity index (χ4v) is 0.959. The molecule has 1 heterocycles. The first-order valence-corrected chi connectivity index (χ1v) is 3.94. The van der Waals surface area contributed by atoms with Crippen LogP contribution in [0.25, 0.3) is 0 Å². The Bertz CT molecular complexity index is 272. The third kappa shape index (κ3) is 1.45. The molecule has 64 valence electrons. The zero-order valence-corrected chi connectivity index (χ0v) is 6.62. The maximum absolute atomic E-state index is 5.31. The Labute approximate surface area is 70.0 Å². The van der Waals surface area contributed by atoms with Crippen LogP contribution in [0.3, 0.4) is 0 Å². The number of hydrogen-bond donors (Lipinski definition) is 3. The highest BCUT2D eigenvalue weighted by atomic mass is 15.3. The van der Waals surface area contributed by atoms with Gasteiger partial charge in [0.1, 0.15) is 5.69 Å². The van der Waals surface area contributed by atoms with Crippen LogP contribution in [0, 0.1) is 0 Å². The predicted molar refractivity (Wildman–Crippen MR) is 45.5 cm³/mol. The number of hydrogen-bond acceptors (Lipinski definition) is 3. The number of nitrogens with one attached hydrogen (secondary N) is 2. The Hall–Kier alpha value is -1.36. The first kappa shape index (κ1) is 7.30. The highest BCUT2D eigenvalue weighted by Crippen LogP contribution is 2.23. The minimum Gasteiger partial charge on any atom is -0.307 e. The SMILES string of the molecule is NNC(=NC1CC1)c1ccn[nH]1. The number of aromatic nitrogens is 2. The third-order valence-corrected chi connectivity index (χ3v) is 1.75. The van der Waals surface area contributed by atoms with Gasteiger partial charge in [-0.05, 0) is 18.9 Å². The molecule has 0 aliphatic heterocycles. The monoisotopic (exact) mass is 165 g/mol. The highest BCUT2D eigenvalue weighted by Gasteiger charge is 2.21. The van der Waals surface area contributed by atoms with Crippen molar-refractivity contribution < 1.29 is 0 Å². The van der Waals surface area contributed by atoms with E-state index in [1.54, 1.807) is 6.20 Å². The molecule has 0 atom stereocenters. The van der Waals surface area contributed by atoms with Crippen molar-refractivity contribution in [3.05, 3.63) is 18.0 Å². The Morgan fingerprint density at radius 3 is 3.08 bits per heavy atom. The van der Waals surface area contributed by atoms with Crippen LogP contribution in [-0.2, 0) is 0 Å². The van der Waals surface area contributed by atoms with Gasteiger partial charge in [0, 0.05) is 6.20 Å². The molecular formula is C7H11N5. The second kappa shape index (κ2) is 2.94. The smallest absolute Gasteiger partial charge is 0.161 e. The molecule has 12 heavy (non-hydrogen) atoms. The van der Waals surface area contributed by atoms with Crippen LogP contribution in [0.1, 0.15) is 18.5 Å². The van der Waals surface area contributed by atoms with Crippen LogP contribution < -0.4 is 11.3 Å². The second-order valence-electron chi connectivity index (χ2n) is 2.82. The topological polar surface area (TPSA) is 79.1 Å². The van der Waals surface area contributed by atoms with Gasteiger partial charge in [-0.15, -0.1) is 0 Å². The fourth-order valence-electron chi connectivity index (χ4n) is 0.959. The molecule has 1 fully saturated rings. The van der Waals surface area contributed by atoms with Crippen LogP contribution in [-0.4, -0.2) is 22.1 Å². The molecule has 1 aliphatic carbocycles. The lowest BCUT2D eigenvalue weighted by Crippen LogP contribution is -2.31. The fraction of sp³-hybridized carbons (Fsp3) is 0.429. The lowest BCUT2D eigenvalue weighted by atomic mass is 10.4. The molecule has 4 N–H and O–H groups in total. The maximum atomic E-state index is 5.31. The Morgan fingerprint density at radius 2 is 2.58 bits per heavy atom. The van der Waals surface area contributed by atoms with Crippen LogP contribution in [0.5, 0.6) is 0 Å². The molecular weight excluding hydrogens is 154 g/mol. The minimum atomic E-state index is 0.458. The number of nitrogens with zero attached hydrogens (tertiary/aromatic N) is 2. The van der Waals surface area contributed by atoms with E-state index in [1.165, 1.54) is 12.8 Å². The zero-order valence-electron chi connectivity index (χ0n) is 6.62. The second-order valence-corrected chi connectivity index (χ2v) is 2.82. The van der Waals surface area contributed by atoms with E-state index in [0.717, 1.165) is 5.69 Å². The summed E-state index contributed by atoms with van der Waals surface area (Å²) in [6, 6.07) is 2.29. The lowest BCUT2D eigenvalue weighted by Gasteiger charge is -2.00. The minimum absolute atomic E-state index is 0.458. The quantitative estimate of drug-likeness (QED) is 0.245. The number of amidine groups is 1. The summed E-state index contributed by atoms with van der Waals surface area (Å²) < 4.78 is 0. The molecule has 1 aromatic rings. The summed E-state index contributed by atoms with van der Waals surface area (Å²) in [4.78, 5) is 4.36. The number of hydrazine groups is 1. The van der Waals surface area contributed by atoms with E-state index >= 15 is 0 Å². The number of nitrogens with two attached hydrogens (primary N) is 1. The van der Waals surface area contributed by atoms with Crippen LogP contribution in [0.2, 0.25) is 0 Å². The molecule has 0 amide bonds. The molecule has 0 radical (unpaired) electrons. The molecule has 1 aliphatic rings. The zero-order chi connectivity index (χ0) is 8.39. The molecule has 0 saturated heterocycles. The van der Waals surface area contributed by atoms with Crippen molar-refractivity contribution in [3.8, 4) is 0 Å². The largest absolute Gasteiger partial charge is 0.307 e. The molecule has 5 heteroatoms. The molecule has 1 saturated carbocycles. The van der Waals surface area contributed by atoms with E-state index in [2.05, 4.69) is 20.6 Å². The molecule has 0 spiro atoms. The standard InChI is InChI=1S/C7H11N5/c8-11-7(10-5-1-2-5)6-3-4-9-12-6/h3-5H,1-2,8H2,(H,9,12)(H,10,11). The Kier molecular flexibility index (Phi) is 1.79. The number of aliphatic imine (C=N–C) groups is 1. The summed E-state index contributed by atoms with van der Waals surface area (Å²) in [6.07, 6.45) is 4.01. The molecule has 0 unspecified atom stereocenters. The van der Waals surface area contributed by atoms with E-state index in [-0.39, 0.29) is 0 Å². The number of aromatic amines is 1. The van der Waals surface area contributed by atoms with Gasteiger partial charge in [-0.3, -0.25) is 10.1 Å². The van der Waals surface area contributed by atoms with E-state index in [1.807, 2.05) is 6.07 Å². The average molecular weight is 165 g/mol. The van der Waals surface area contributed by atoms with Gasteiger partial charge in [-0.1, -0.05) is 0 Å². The van der Waals surface area contributed by atoms with E-state index in [9.17, 15) is 0 Å². The van der Waals surface area contributed by atoms with Gasteiger partial charge in [-0.2, -0.15) is 5.10 Å². The van der Waals surface area contributed by atoms with Crippen molar-refractivity contribution in [2.24, 2.45) is 10.8 Å². The van der Waals surface area contributed by atoms with Crippen LogP contribution >= 0.6 is 0 Å². The van der Waals surface area contributed by atoms with Gasteiger partial charge in [0.15, 0.2) is 5.84 Å². The van der Waals surface area contributed by atoms with Crippen molar-refractivity contribution in [2.75, 3.05) is 0 Å². The summed E-state index contributed by atoms with van der Waals surface area (Å²) >= 11 is 0. The average Bonchev–Trinajstić information content (AvgIpc) is 2.74. The van der Waals surface area contributed by atoms with Crippen molar-refractivity contribution in [2.45, 2.75) is 18.9 Å². The van der Waals surface area contributed by atoms with Crippen molar-refractivity contribution >= 4 is 5.84 Å². The summed E-state index contributed by atoms with van der Waals surface area (Å²) in [5, 5.41) is 6.62. The van der Waals surface area contributed by atoms with Crippen LogP contribution in [0.15, 0.2) is 17.3 Å². The van der Waals surface area contributed by atoms with E-state index in [4.69, 9.17) is 5.84 Å². The number of H-pyrrole nitrogens is 1. The molecule has 2 rings (SSSR count). The summed E-state index contributed by atoms with van der Waals surface area (Å²) in [7, 11) is 0. The maximum Gasteiger partial charge on any atom is 0.161 e. The molecule has 1 aromatic heterocycles. The lowest BCUT2D eigenvalue weighted by molar-refractivity contribution is 0.954. The summed E-state index contributed by atoms with van der Waals surface area (Å²) in [6.45, 7) is 0. The van der Waals surface area contributed by atoms with Gasteiger partial charge in [0.05, 0.1) is 6.04 Å². The number of rotatable bonds is 2. The Morgan fingerprint density at radius 1 is 1.75 bits per heavy atom. The van der Waals surface area contributed by atoms with Crippen LogP contribution in [0.4, 0.5) is 0 Å². The van der Waals surface area contributed by atoms with Gasteiger partial charge in [0.2, 0.25) is 0 Å². The van der Waals surface area contributed by atoms with Gasteiger partial charge in [-0.25, -0.2) is 5.84 Å². The highest BCUT2D eigenvalue weighted by molar-refractivity contribution is 5.96. The van der Waals surface area contributed by atoms with Gasteiger partial charge >= 0.3 is 0 Å². The Balaban J connectivity index is 2.17. The molecule has 0 bridgehead atoms. The van der Waals surface area contributed by atoms with E-state index in [0.29, 0.717) is 11.9 Å².